The number of rotatable bonds is 6. The number of aryl methyl sites for hydroxylation is 2. The lowest BCUT2D eigenvalue weighted by molar-refractivity contribution is -0.141. The molecule has 0 aromatic heterocycles. The smallest absolute Gasteiger partial charge is 0.305 e. The maximum absolute atomic E-state index is 11.0. The number of nitrogens with zero attached hydrogens (tertiary/aromatic N) is 1. The summed E-state index contributed by atoms with van der Waals surface area (Å²) < 4.78 is 4.56. The van der Waals surface area contributed by atoms with Crippen molar-refractivity contribution in [2.24, 2.45) is 0 Å². The fourth-order valence-corrected chi connectivity index (χ4v) is 2.13. The van der Waals surface area contributed by atoms with Gasteiger partial charge in [0.25, 0.3) is 0 Å². The van der Waals surface area contributed by atoms with Gasteiger partial charge in [-0.15, -0.1) is 0 Å². The minimum atomic E-state index is -0.537. The second-order valence-corrected chi connectivity index (χ2v) is 4.94. The van der Waals surface area contributed by atoms with Crippen molar-refractivity contribution in [1.82, 2.24) is 0 Å². The molecule has 19 heavy (non-hydrogen) atoms. The van der Waals surface area contributed by atoms with Gasteiger partial charge >= 0.3 is 5.97 Å². The van der Waals surface area contributed by atoms with Crippen molar-refractivity contribution in [1.29, 1.82) is 0 Å². The topological polar surface area (TPSA) is 49.8 Å². The second-order valence-electron chi connectivity index (χ2n) is 4.94. The van der Waals surface area contributed by atoms with Crippen LogP contribution in [0.3, 0.4) is 0 Å². The number of methoxy groups -OCH3 is 1. The Hall–Kier alpha value is -1.55. The van der Waals surface area contributed by atoms with Gasteiger partial charge in [0.1, 0.15) is 0 Å². The fourth-order valence-electron chi connectivity index (χ4n) is 2.13. The van der Waals surface area contributed by atoms with E-state index in [1.54, 1.807) is 0 Å². The number of benzene rings is 1. The van der Waals surface area contributed by atoms with Crippen molar-refractivity contribution >= 4 is 11.7 Å². The maximum Gasteiger partial charge on any atom is 0.305 e. The molecule has 1 rings (SSSR count). The van der Waals surface area contributed by atoms with Crippen LogP contribution in [-0.4, -0.2) is 37.9 Å². The summed E-state index contributed by atoms with van der Waals surface area (Å²) in [6.07, 6.45) is 0.130. The molecular formula is C15H23NO3. The number of hydrogen-bond donors (Lipinski definition) is 1. The zero-order valence-electron chi connectivity index (χ0n) is 12.1. The van der Waals surface area contributed by atoms with Gasteiger partial charge in [0.05, 0.1) is 13.2 Å². The van der Waals surface area contributed by atoms with E-state index in [-0.39, 0.29) is 12.4 Å². The first kappa shape index (κ1) is 15.5. The summed E-state index contributed by atoms with van der Waals surface area (Å²) in [6.45, 7) is 4.61. The molecule has 4 nitrogen and oxygen atoms in total. The first-order chi connectivity index (χ1) is 8.93. The van der Waals surface area contributed by atoms with E-state index in [9.17, 15) is 9.90 Å². The molecular weight excluding hydrogens is 242 g/mol. The molecule has 1 unspecified atom stereocenters. The Balaban J connectivity index is 2.54. The summed E-state index contributed by atoms with van der Waals surface area (Å²) in [5.74, 6) is -0.284. The van der Waals surface area contributed by atoms with Crippen LogP contribution in [0.2, 0.25) is 0 Å². The van der Waals surface area contributed by atoms with Crippen molar-refractivity contribution in [2.75, 3.05) is 25.6 Å². The van der Waals surface area contributed by atoms with E-state index in [1.165, 1.54) is 18.2 Å². The maximum atomic E-state index is 11.0. The third-order valence-corrected chi connectivity index (χ3v) is 3.16. The lowest BCUT2D eigenvalue weighted by Gasteiger charge is -2.24. The van der Waals surface area contributed by atoms with Crippen LogP contribution in [0.4, 0.5) is 5.69 Å². The molecule has 0 spiro atoms. The van der Waals surface area contributed by atoms with Gasteiger partial charge in [-0.05, 0) is 31.9 Å². The molecule has 0 bridgehead atoms. The quantitative estimate of drug-likeness (QED) is 0.800. The van der Waals surface area contributed by atoms with Gasteiger partial charge < -0.3 is 14.7 Å². The number of esters is 1. The zero-order valence-corrected chi connectivity index (χ0v) is 12.1. The Bertz CT molecular complexity index is 431. The van der Waals surface area contributed by atoms with Crippen molar-refractivity contribution in [2.45, 2.75) is 32.8 Å². The molecule has 1 atom stereocenters. The fraction of sp³-hybridized carbons (Fsp3) is 0.533. The summed E-state index contributed by atoms with van der Waals surface area (Å²) in [6, 6.07) is 6.23. The van der Waals surface area contributed by atoms with Crippen molar-refractivity contribution < 1.29 is 14.6 Å². The van der Waals surface area contributed by atoms with Crippen molar-refractivity contribution in [3.63, 3.8) is 0 Å². The first-order valence-corrected chi connectivity index (χ1v) is 6.47. The highest BCUT2D eigenvalue weighted by Gasteiger charge is 2.12. The Kier molecular flexibility index (Phi) is 5.83. The molecule has 1 aromatic carbocycles. The Morgan fingerprint density at radius 1 is 1.42 bits per heavy atom. The van der Waals surface area contributed by atoms with Gasteiger partial charge in [-0.2, -0.15) is 0 Å². The Morgan fingerprint density at radius 2 is 2.11 bits per heavy atom. The number of likely N-dealkylation sites (N-methyl/N-ethyl adjacent to an activating group) is 1. The average molecular weight is 265 g/mol. The van der Waals surface area contributed by atoms with Gasteiger partial charge in [0.2, 0.25) is 0 Å². The highest BCUT2D eigenvalue weighted by atomic mass is 16.5. The summed E-state index contributed by atoms with van der Waals surface area (Å²) in [5, 5.41) is 9.92. The number of aliphatic hydroxyl groups is 1. The van der Waals surface area contributed by atoms with Crippen LogP contribution in [0.25, 0.3) is 0 Å². The van der Waals surface area contributed by atoms with E-state index in [0.717, 1.165) is 5.69 Å². The largest absolute Gasteiger partial charge is 0.469 e. The SMILES string of the molecule is COC(=O)CCC(O)CN(C)c1ccc(C)cc1C. The Labute approximate surface area is 115 Å². The van der Waals surface area contributed by atoms with E-state index >= 15 is 0 Å². The van der Waals surface area contributed by atoms with Crippen LogP contribution in [0.5, 0.6) is 0 Å². The predicted molar refractivity (Wildman–Crippen MR) is 76.4 cm³/mol. The van der Waals surface area contributed by atoms with Crippen LogP contribution >= 0.6 is 0 Å². The van der Waals surface area contributed by atoms with E-state index in [2.05, 4.69) is 36.8 Å². The third-order valence-electron chi connectivity index (χ3n) is 3.16. The molecule has 4 heteroatoms. The lowest BCUT2D eigenvalue weighted by atomic mass is 10.1. The molecule has 0 saturated carbocycles. The lowest BCUT2D eigenvalue weighted by Crippen LogP contribution is -2.30. The van der Waals surface area contributed by atoms with Crippen molar-refractivity contribution in [3.05, 3.63) is 29.3 Å². The molecule has 0 heterocycles. The molecule has 0 amide bonds. The molecule has 1 aromatic rings. The number of carbonyl (C=O) groups is 1. The molecule has 0 aliphatic heterocycles. The van der Waals surface area contributed by atoms with E-state index in [0.29, 0.717) is 13.0 Å². The number of ether oxygens (including phenoxy) is 1. The first-order valence-electron chi connectivity index (χ1n) is 6.47. The molecule has 1 N–H and O–H groups in total. The number of anilines is 1. The summed E-state index contributed by atoms with van der Waals surface area (Å²) >= 11 is 0. The van der Waals surface area contributed by atoms with Crippen LogP contribution in [-0.2, 0) is 9.53 Å². The average Bonchev–Trinajstić information content (AvgIpc) is 2.35. The summed E-state index contributed by atoms with van der Waals surface area (Å²) in [5.41, 5.74) is 3.51. The molecule has 0 radical (unpaired) electrons. The van der Waals surface area contributed by atoms with Gasteiger partial charge in [0.15, 0.2) is 0 Å². The molecule has 0 aliphatic carbocycles. The Morgan fingerprint density at radius 3 is 2.68 bits per heavy atom. The minimum Gasteiger partial charge on any atom is -0.469 e. The zero-order chi connectivity index (χ0) is 14.4. The van der Waals surface area contributed by atoms with Gasteiger partial charge in [-0.3, -0.25) is 4.79 Å². The van der Waals surface area contributed by atoms with Crippen LogP contribution < -0.4 is 4.90 Å². The monoisotopic (exact) mass is 265 g/mol. The van der Waals surface area contributed by atoms with Gasteiger partial charge in [-0.1, -0.05) is 17.7 Å². The summed E-state index contributed by atoms with van der Waals surface area (Å²) in [4.78, 5) is 13.0. The van der Waals surface area contributed by atoms with E-state index in [1.807, 2.05) is 11.9 Å². The third kappa shape index (κ3) is 4.91. The van der Waals surface area contributed by atoms with Crippen LogP contribution in [0.15, 0.2) is 18.2 Å². The van der Waals surface area contributed by atoms with Crippen LogP contribution in [0, 0.1) is 13.8 Å². The van der Waals surface area contributed by atoms with Gasteiger partial charge in [0, 0.05) is 25.7 Å². The van der Waals surface area contributed by atoms with E-state index < -0.39 is 6.10 Å². The number of carbonyl (C=O) groups excluding carboxylic acids is 1. The van der Waals surface area contributed by atoms with E-state index in [4.69, 9.17) is 0 Å². The van der Waals surface area contributed by atoms with Crippen molar-refractivity contribution in [3.8, 4) is 0 Å². The van der Waals surface area contributed by atoms with Crippen LogP contribution in [0.1, 0.15) is 24.0 Å². The summed E-state index contributed by atoms with van der Waals surface area (Å²) in [7, 11) is 3.30. The number of aliphatic hydroxyl groups excluding tert-OH is 1. The second kappa shape index (κ2) is 7.14. The molecule has 0 saturated heterocycles. The number of hydrogen-bond acceptors (Lipinski definition) is 4. The van der Waals surface area contributed by atoms with Gasteiger partial charge in [-0.25, -0.2) is 0 Å². The molecule has 0 fully saturated rings. The highest BCUT2D eigenvalue weighted by molar-refractivity contribution is 5.69. The standard InChI is InChI=1S/C15H23NO3/c1-11-5-7-14(12(2)9-11)16(3)10-13(17)6-8-15(18)19-4/h5,7,9,13,17H,6,8,10H2,1-4H3. The normalized spacial score (nSPS) is 12.1. The predicted octanol–water partition coefficient (Wildman–Crippen LogP) is 2.05. The molecule has 106 valence electrons. The molecule has 0 aliphatic rings. The minimum absolute atomic E-state index is 0.248. The highest BCUT2D eigenvalue weighted by Crippen LogP contribution is 2.20.